The van der Waals surface area contributed by atoms with Crippen LogP contribution in [0.15, 0.2) is 18.2 Å². The third-order valence-corrected chi connectivity index (χ3v) is 7.83. The number of nitrogens with one attached hydrogen (secondary N) is 1. The van der Waals surface area contributed by atoms with Crippen LogP contribution in [0.1, 0.15) is 33.3 Å². The molecule has 28 heavy (non-hydrogen) atoms. The minimum absolute atomic E-state index is 0.0360. The third-order valence-electron chi connectivity index (χ3n) is 4.24. The second-order valence-corrected chi connectivity index (χ2v) is 10.3. The van der Waals surface area contributed by atoms with E-state index >= 15 is 0 Å². The monoisotopic (exact) mass is 461 g/mol. The molecule has 1 aromatic carbocycles. The molecule has 0 spiro atoms. The first kappa shape index (κ1) is 21.1. The molecule has 1 N–H and O–H groups in total. The molecule has 1 aliphatic rings. The van der Waals surface area contributed by atoms with E-state index < -0.39 is 21.7 Å². The second-order valence-electron chi connectivity index (χ2n) is 6.20. The Bertz CT molecular complexity index is 1030. The van der Waals surface area contributed by atoms with Crippen molar-refractivity contribution in [1.29, 1.82) is 0 Å². The van der Waals surface area contributed by atoms with Crippen LogP contribution < -0.4 is 5.32 Å². The zero-order chi connectivity index (χ0) is 20.5. The first-order chi connectivity index (χ1) is 13.2. The number of hydrogen-bond acceptors (Lipinski definition) is 6. The van der Waals surface area contributed by atoms with Crippen LogP contribution in [0.5, 0.6) is 0 Å². The number of halogens is 2. The molecule has 0 radical (unpaired) electrons. The summed E-state index contributed by atoms with van der Waals surface area (Å²) < 4.78 is 29.0. The summed E-state index contributed by atoms with van der Waals surface area (Å²) in [7, 11) is -3.22. The smallest absolute Gasteiger partial charge is 0.341 e. The predicted molar refractivity (Wildman–Crippen MR) is 110 cm³/mol. The molecule has 0 saturated heterocycles. The first-order valence-corrected chi connectivity index (χ1v) is 11.9. The molecule has 0 saturated carbocycles. The Kier molecular flexibility index (Phi) is 6.34. The Morgan fingerprint density at radius 2 is 1.93 bits per heavy atom. The average Bonchev–Trinajstić information content (AvgIpc) is 2.94. The molecule has 10 heteroatoms. The number of anilines is 1. The van der Waals surface area contributed by atoms with Gasteiger partial charge in [-0.15, -0.1) is 11.3 Å². The lowest BCUT2D eigenvalue weighted by atomic mass is 10.1. The minimum Gasteiger partial charge on any atom is -0.462 e. The maximum atomic E-state index is 12.6. The van der Waals surface area contributed by atoms with Crippen molar-refractivity contribution < 1.29 is 22.7 Å². The van der Waals surface area contributed by atoms with Gasteiger partial charge in [0.15, 0.2) is 9.84 Å². The molecular formula is C18H17Cl2NO5S2. The second kappa shape index (κ2) is 8.41. The number of rotatable bonds is 5. The number of fused-ring (bicyclic) bond motifs is 1. The van der Waals surface area contributed by atoms with E-state index in [4.69, 9.17) is 27.9 Å². The van der Waals surface area contributed by atoms with Crippen molar-refractivity contribution in [1.82, 2.24) is 0 Å². The van der Waals surface area contributed by atoms with E-state index in [1.54, 1.807) is 25.1 Å². The third kappa shape index (κ3) is 4.51. The fourth-order valence-corrected chi connectivity index (χ4v) is 6.55. The van der Waals surface area contributed by atoms with Crippen LogP contribution >= 0.6 is 34.5 Å². The van der Waals surface area contributed by atoms with Gasteiger partial charge in [-0.05, 0) is 36.6 Å². The van der Waals surface area contributed by atoms with Gasteiger partial charge in [-0.3, -0.25) is 4.79 Å². The van der Waals surface area contributed by atoms with Crippen molar-refractivity contribution in [2.75, 3.05) is 17.7 Å². The summed E-state index contributed by atoms with van der Waals surface area (Å²) in [5, 5.41) is 3.72. The van der Waals surface area contributed by atoms with Crippen LogP contribution in [0.4, 0.5) is 5.00 Å². The summed E-state index contributed by atoms with van der Waals surface area (Å²) in [6, 6.07) is 4.95. The molecule has 1 amide bonds. The summed E-state index contributed by atoms with van der Waals surface area (Å²) in [4.78, 5) is 25.6. The van der Waals surface area contributed by atoms with Crippen LogP contribution in [0, 0.1) is 0 Å². The van der Waals surface area contributed by atoms with E-state index in [1.165, 1.54) is 0 Å². The highest BCUT2D eigenvalue weighted by atomic mass is 35.5. The van der Waals surface area contributed by atoms with Gasteiger partial charge in [0.2, 0.25) is 5.91 Å². The van der Waals surface area contributed by atoms with Gasteiger partial charge in [-0.1, -0.05) is 29.3 Å². The number of carbonyl (C=O) groups is 2. The lowest BCUT2D eigenvalue weighted by Crippen LogP contribution is -2.20. The van der Waals surface area contributed by atoms with E-state index in [0.717, 1.165) is 11.3 Å². The molecule has 0 fully saturated rings. The standard InChI is InChI=1S/C18H17Cl2NO5S2/c1-2-26-18(23)16-10-6-7-28(24,25)9-14(10)27-17(16)21-15(22)8-11-12(19)4-3-5-13(11)20/h3-5H,2,6-9H2,1H3,(H,21,22). The highest BCUT2D eigenvalue weighted by Crippen LogP contribution is 2.38. The van der Waals surface area contributed by atoms with E-state index in [1.807, 2.05) is 0 Å². The summed E-state index contributed by atoms with van der Waals surface area (Å²) in [6.45, 7) is 1.85. The number of amides is 1. The molecular weight excluding hydrogens is 445 g/mol. The number of benzene rings is 1. The Hall–Kier alpha value is -1.61. The summed E-state index contributed by atoms with van der Waals surface area (Å²) in [6.07, 6.45) is 0.135. The van der Waals surface area contributed by atoms with Gasteiger partial charge in [0.25, 0.3) is 0 Å². The number of sulfone groups is 1. The lowest BCUT2D eigenvalue weighted by molar-refractivity contribution is -0.115. The van der Waals surface area contributed by atoms with Gasteiger partial charge in [0, 0.05) is 14.9 Å². The number of hydrogen-bond donors (Lipinski definition) is 1. The zero-order valence-corrected chi connectivity index (χ0v) is 18.0. The van der Waals surface area contributed by atoms with Crippen molar-refractivity contribution in [3.63, 3.8) is 0 Å². The Balaban J connectivity index is 1.91. The Labute approximate surface area is 176 Å². The molecule has 0 bridgehead atoms. The van der Waals surface area contributed by atoms with Gasteiger partial charge in [0.1, 0.15) is 5.00 Å². The van der Waals surface area contributed by atoms with Crippen molar-refractivity contribution >= 4 is 61.3 Å². The molecule has 6 nitrogen and oxygen atoms in total. The highest BCUT2D eigenvalue weighted by molar-refractivity contribution is 7.90. The molecule has 0 unspecified atom stereocenters. The highest BCUT2D eigenvalue weighted by Gasteiger charge is 2.32. The van der Waals surface area contributed by atoms with E-state index in [-0.39, 0.29) is 41.5 Å². The van der Waals surface area contributed by atoms with E-state index in [0.29, 0.717) is 26.0 Å². The largest absolute Gasteiger partial charge is 0.462 e. The molecule has 3 rings (SSSR count). The van der Waals surface area contributed by atoms with Crippen LogP contribution in [-0.4, -0.2) is 32.7 Å². The fourth-order valence-electron chi connectivity index (χ4n) is 2.96. The minimum atomic E-state index is -3.22. The molecule has 150 valence electrons. The van der Waals surface area contributed by atoms with Gasteiger partial charge in [-0.25, -0.2) is 13.2 Å². The van der Waals surface area contributed by atoms with Gasteiger partial charge in [0.05, 0.1) is 30.1 Å². The number of ether oxygens (including phenoxy) is 1. The number of thiophene rings is 1. The number of carbonyl (C=O) groups excluding carboxylic acids is 2. The SMILES string of the molecule is CCOC(=O)c1c(NC(=O)Cc2c(Cl)cccc2Cl)sc2c1CCS(=O)(=O)C2. The predicted octanol–water partition coefficient (Wildman–Crippen LogP) is 3.88. The van der Waals surface area contributed by atoms with Gasteiger partial charge < -0.3 is 10.1 Å². The van der Waals surface area contributed by atoms with Gasteiger partial charge >= 0.3 is 5.97 Å². The normalized spacial score (nSPS) is 15.0. The molecule has 1 aliphatic heterocycles. The maximum absolute atomic E-state index is 12.6. The lowest BCUT2D eigenvalue weighted by Gasteiger charge is -2.13. The van der Waals surface area contributed by atoms with Crippen LogP contribution in [0.3, 0.4) is 0 Å². The van der Waals surface area contributed by atoms with Crippen LogP contribution in [0.25, 0.3) is 0 Å². The number of esters is 1. The van der Waals surface area contributed by atoms with Gasteiger partial charge in [-0.2, -0.15) is 0 Å². The van der Waals surface area contributed by atoms with Crippen molar-refractivity contribution in [2.24, 2.45) is 0 Å². The maximum Gasteiger partial charge on any atom is 0.341 e. The Morgan fingerprint density at radius 3 is 2.57 bits per heavy atom. The van der Waals surface area contributed by atoms with E-state index in [9.17, 15) is 18.0 Å². The molecule has 2 aromatic rings. The Morgan fingerprint density at radius 1 is 1.25 bits per heavy atom. The summed E-state index contributed by atoms with van der Waals surface area (Å²) in [5.41, 5.74) is 1.34. The van der Waals surface area contributed by atoms with E-state index in [2.05, 4.69) is 5.32 Å². The summed E-state index contributed by atoms with van der Waals surface area (Å²) in [5.74, 6) is -1.18. The molecule has 0 atom stereocenters. The fraction of sp³-hybridized carbons (Fsp3) is 0.333. The van der Waals surface area contributed by atoms with Crippen LogP contribution in [0.2, 0.25) is 10.0 Å². The topological polar surface area (TPSA) is 89.5 Å². The quantitative estimate of drug-likeness (QED) is 0.682. The first-order valence-electron chi connectivity index (χ1n) is 8.46. The molecule has 0 aliphatic carbocycles. The van der Waals surface area contributed by atoms with Crippen molar-refractivity contribution in [3.05, 3.63) is 49.8 Å². The zero-order valence-electron chi connectivity index (χ0n) is 14.9. The molecule has 1 aromatic heterocycles. The van der Waals surface area contributed by atoms with Crippen molar-refractivity contribution in [3.8, 4) is 0 Å². The average molecular weight is 462 g/mol. The van der Waals surface area contributed by atoms with Crippen LogP contribution in [-0.2, 0) is 38.0 Å². The molecule has 2 heterocycles. The van der Waals surface area contributed by atoms with Crippen molar-refractivity contribution in [2.45, 2.75) is 25.5 Å². The summed E-state index contributed by atoms with van der Waals surface area (Å²) >= 11 is 13.3.